The second-order valence-electron chi connectivity index (χ2n) is 2.67. The second kappa shape index (κ2) is 3.91. The van der Waals surface area contributed by atoms with Crippen LogP contribution < -0.4 is 0 Å². The van der Waals surface area contributed by atoms with Gasteiger partial charge in [0.25, 0.3) is 0 Å². The van der Waals surface area contributed by atoms with Gasteiger partial charge in [-0.2, -0.15) is 0 Å². The zero-order valence-corrected chi connectivity index (χ0v) is 6.25. The minimum Gasteiger partial charge on any atom is -0.391 e. The second-order valence-corrected chi connectivity index (χ2v) is 2.67. The maximum Gasteiger partial charge on any atom is 0.0831 e. The largest absolute Gasteiger partial charge is 0.391 e. The van der Waals surface area contributed by atoms with Gasteiger partial charge < -0.3 is 14.6 Å². The van der Waals surface area contributed by atoms with Crippen molar-refractivity contribution in [2.45, 2.75) is 25.6 Å². The number of aliphatic hydroxyl groups is 1. The van der Waals surface area contributed by atoms with E-state index in [2.05, 4.69) is 0 Å². The highest BCUT2D eigenvalue weighted by atomic mass is 16.5. The van der Waals surface area contributed by atoms with E-state index in [-0.39, 0.29) is 12.2 Å². The van der Waals surface area contributed by atoms with E-state index in [1.54, 1.807) is 6.92 Å². The predicted molar refractivity (Wildman–Crippen MR) is 36.9 cm³/mol. The van der Waals surface area contributed by atoms with Crippen molar-refractivity contribution in [1.29, 1.82) is 0 Å². The van der Waals surface area contributed by atoms with Crippen molar-refractivity contribution in [3.8, 4) is 0 Å². The van der Waals surface area contributed by atoms with Gasteiger partial charge in [0.15, 0.2) is 0 Å². The fourth-order valence-corrected chi connectivity index (χ4v) is 0.920. The highest BCUT2D eigenvalue weighted by molar-refractivity contribution is 4.63. The summed E-state index contributed by atoms with van der Waals surface area (Å²) in [6.45, 7) is 3.63. The smallest absolute Gasteiger partial charge is 0.0831 e. The third-order valence-electron chi connectivity index (χ3n) is 1.46. The van der Waals surface area contributed by atoms with Crippen molar-refractivity contribution in [1.82, 2.24) is 0 Å². The molecule has 0 spiro atoms. The number of rotatable bonds is 3. The van der Waals surface area contributed by atoms with Gasteiger partial charge in [-0.15, -0.1) is 0 Å². The average Bonchev–Trinajstić information content (AvgIpc) is 2.34. The summed E-state index contributed by atoms with van der Waals surface area (Å²) in [6.07, 6.45) is 0.822. The van der Waals surface area contributed by atoms with Crippen LogP contribution in [-0.4, -0.2) is 37.1 Å². The van der Waals surface area contributed by atoms with Crippen molar-refractivity contribution in [2.75, 3.05) is 19.8 Å². The summed E-state index contributed by atoms with van der Waals surface area (Å²) in [4.78, 5) is 0. The molecular formula is C7H14O3. The lowest BCUT2D eigenvalue weighted by Crippen LogP contribution is -2.19. The highest BCUT2D eigenvalue weighted by Crippen LogP contribution is 2.07. The van der Waals surface area contributed by atoms with Gasteiger partial charge in [-0.05, 0) is 13.3 Å². The third-order valence-corrected chi connectivity index (χ3v) is 1.46. The zero-order valence-electron chi connectivity index (χ0n) is 6.25. The van der Waals surface area contributed by atoms with Crippen LogP contribution in [0.1, 0.15) is 13.3 Å². The van der Waals surface area contributed by atoms with Crippen LogP contribution in [0.3, 0.4) is 0 Å². The van der Waals surface area contributed by atoms with Crippen LogP contribution in [0.2, 0.25) is 0 Å². The van der Waals surface area contributed by atoms with Gasteiger partial charge in [-0.25, -0.2) is 0 Å². The van der Waals surface area contributed by atoms with Crippen molar-refractivity contribution in [3.63, 3.8) is 0 Å². The van der Waals surface area contributed by atoms with Gasteiger partial charge in [0.1, 0.15) is 0 Å². The van der Waals surface area contributed by atoms with Gasteiger partial charge in [0.2, 0.25) is 0 Å². The molecule has 0 bridgehead atoms. The molecule has 1 N–H and O–H groups in total. The first-order valence-corrected chi connectivity index (χ1v) is 3.66. The summed E-state index contributed by atoms with van der Waals surface area (Å²) in [5.74, 6) is 0. The first-order chi connectivity index (χ1) is 4.79. The van der Waals surface area contributed by atoms with E-state index >= 15 is 0 Å². The van der Waals surface area contributed by atoms with Crippen molar-refractivity contribution < 1.29 is 14.6 Å². The highest BCUT2D eigenvalue weighted by Gasteiger charge is 2.15. The molecule has 1 heterocycles. The molecule has 1 aliphatic rings. The van der Waals surface area contributed by atoms with Crippen molar-refractivity contribution >= 4 is 0 Å². The first kappa shape index (κ1) is 7.98. The fraction of sp³-hybridized carbons (Fsp3) is 1.00. The molecule has 0 aliphatic carbocycles. The van der Waals surface area contributed by atoms with Crippen LogP contribution in [0.15, 0.2) is 0 Å². The van der Waals surface area contributed by atoms with E-state index < -0.39 is 0 Å². The summed E-state index contributed by atoms with van der Waals surface area (Å²) in [7, 11) is 0. The molecule has 0 unspecified atom stereocenters. The maximum atomic E-state index is 8.85. The van der Waals surface area contributed by atoms with E-state index in [9.17, 15) is 0 Å². The summed E-state index contributed by atoms with van der Waals surface area (Å²) >= 11 is 0. The Kier molecular flexibility index (Phi) is 3.12. The molecule has 60 valence electrons. The first-order valence-electron chi connectivity index (χ1n) is 3.66. The molecule has 1 saturated heterocycles. The molecule has 1 rings (SSSR count). The van der Waals surface area contributed by atoms with Crippen LogP contribution in [0.4, 0.5) is 0 Å². The molecule has 3 nitrogen and oxygen atoms in total. The molecule has 0 aromatic rings. The van der Waals surface area contributed by atoms with Gasteiger partial charge >= 0.3 is 0 Å². The quantitative estimate of drug-likeness (QED) is 0.617. The Labute approximate surface area is 60.9 Å². The predicted octanol–water partition coefficient (Wildman–Crippen LogP) is 0.173. The van der Waals surface area contributed by atoms with E-state index in [0.29, 0.717) is 13.2 Å². The van der Waals surface area contributed by atoms with Gasteiger partial charge in [-0.3, -0.25) is 0 Å². The zero-order chi connectivity index (χ0) is 7.40. The normalized spacial score (nSPS) is 28.8. The van der Waals surface area contributed by atoms with Crippen LogP contribution in [0, 0.1) is 0 Å². The third kappa shape index (κ3) is 2.64. The molecule has 0 aromatic carbocycles. The molecule has 10 heavy (non-hydrogen) atoms. The molecule has 0 radical (unpaired) electrons. The number of aliphatic hydroxyl groups excluding tert-OH is 1. The monoisotopic (exact) mass is 146 g/mol. The number of ether oxygens (including phenoxy) is 2. The molecule has 0 saturated carbocycles. The molecule has 1 aliphatic heterocycles. The average molecular weight is 146 g/mol. The van der Waals surface area contributed by atoms with E-state index in [0.717, 1.165) is 13.0 Å². The summed E-state index contributed by atoms with van der Waals surface area (Å²) in [5, 5.41) is 8.85. The number of hydrogen-bond acceptors (Lipinski definition) is 3. The Morgan fingerprint density at radius 3 is 3.10 bits per heavy atom. The summed E-state index contributed by atoms with van der Waals surface area (Å²) in [6, 6.07) is 0. The molecule has 2 atom stereocenters. The standard InChI is InChI=1S/C7H14O3/c1-6(8)4-10-7-2-3-9-5-7/h6-8H,2-5H2,1H3/t6-,7+/m0/s1. The topological polar surface area (TPSA) is 38.7 Å². The molecule has 0 amide bonds. The molecule has 1 fully saturated rings. The Balaban J connectivity index is 2.01. The van der Waals surface area contributed by atoms with Crippen molar-refractivity contribution in [2.24, 2.45) is 0 Å². The maximum absolute atomic E-state index is 8.85. The van der Waals surface area contributed by atoms with Gasteiger partial charge in [0.05, 0.1) is 25.4 Å². The van der Waals surface area contributed by atoms with Crippen molar-refractivity contribution in [3.05, 3.63) is 0 Å². The molecular weight excluding hydrogens is 132 g/mol. The lowest BCUT2D eigenvalue weighted by Gasteiger charge is -2.10. The SMILES string of the molecule is C[C@H](O)CO[C@@H]1CCOC1. The lowest BCUT2D eigenvalue weighted by atomic mass is 10.3. The van der Waals surface area contributed by atoms with Crippen LogP contribution in [0.5, 0.6) is 0 Å². The van der Waals surface area contributed by atoms with Gasteiger partial charge in [0, 0.05) is 6.61 Å². The van der Waals surface area contributed by atoms with Gasteiger partial charge in [-0.1, -0.05) is 0 Å². The Morgan fingerprint density at radius 1 is 1.80 bits per heavy atom. The summed E-state index contributed by atoms with van der Waals surface area (Å²) in [5.41, 5.74) is 0. The Hall–Kier alpha value is -0.120. The molecule has 0 aromatic heterocycles. The van der Waals surface area contributed by atoms with Crippen LogP contribution in [0.25, 0.3) is 0 Å². The van der Waals surface area contributed by atoms with Crippen LogP contribution >= 0.6 is 0 Å². The molecule has 3 heteroatoms. The fourth-order valence-electron chi connectivity index (χ4n) is 0.920. The Morgan fingerprint density at radius 2 is 2.60 bits per heavy atom. The van der Waals surface area contributed by atoms with Crippen LogP contribution in [-0.2, 0) is 9.47 Å². The minimum absolute atomic E-state index is 0.217. The van der Waals surface area contributed by atoms with E-state index in [1.165, 1.54) is 0 Å². The van der Waals surface area contributed by atoms with E-state index in [1.807, 2.05) is 0 Å². The summed E-state index contributed by atoms with van der Waals surface area (Å²) < 4.78 is 10.4. The Bertz CT molecular complexity index is 86.9. The lowest BCUT2D eigenvalue weighted by molar-refractivity contribution is -0.00602. The number of hydrogen-bond donors (Lipinski definition) is 1. The van der Waals surface area contributed by atoms with E-state index in [4.69, 9.17) is 14.6 Å². The minimum atomic E-state index is -0.361.